The highest BCUT2D eigenvalue weighted by Crippen LogP contribution is 2.57. The van der Waals surface area contributed by atoms with Gasteiger partial charge in [-0.3, -0.25) is 0 Å². The largest absolute Gasteiger partial charge is 0.456 e. The Kier molecular flexibility index (Phi) is 4.19. The van der Waals surface area contributed by atoms with Crippen LogP contribution in [0.3, 0.4) is 0 Å². The number of nitrogens with one attached hydrogen (secondary N) is 1. The summed E-state index contributed by atoms with van der Waals surface area (Å²) in [7, 11) is 0. The van der Waals surface area contributed by atoms with Crippen molar-refractivity contribution in [2.75, 3.05) is 11.1 Å². The highest BCUT2D eigenvalue weighted by molar-refractivity contribution is 6.33. The van der Waals surface area contributed by atoms with Crippen LogP contribution in [0.2, 0.25) is 5.02 Å². The zero-order valence-corrected chi connectivity index (χ0v) is 18.4. The number of fused-ring (bicyclic) bond motifs is 6. The molecule has 0 radical (unpaired) electrons. The molecule has 0 saturated heterocycles. The Balaban J connectivity index is 1.62. The zero-order valence-electron chi connectivity index (χ0n) is 17.7. The van der Waals surface area contributed by atoms with E-state index in [0.717, 1.165) is 33.6 Å². The van der Waals surface area contributed by atoms with Gasteiger partial charge in [0.05, 0.1) is 16.3 Å². The summed E-state index contributed by atoms with van der Waals surface area (Å²) in [5.41, 5.74) is 10.8. The van der Waals surface area contributed by atoms with Gasteiger partial charge in [-0.05, 0) is 55.0 Å². The molecule has 6 heteroatoms. The molecule has 162 valence electrons. The lowest BCUT2D eigenvalue weighted by Gasteiger charge is -2.37. The zero-order chi connectivity index (χ0) is 22.7. The second-order valence-corrected chi connectivity index (χ2v) is 8.65. The average Bonchev–Trinajstić information content (AvgIpc) is 3.09. The van der Waals surface area contributed by atoms with E-state index >= 15 is 0 Å². The molecule has 0 aliphatic carbocycles. The summed E-state index contributed by atoms with van der Waals surface area (Å²) in [6.07, 6.45) is 0. The number of esters is 1. The van der Waals surface area contributed by atoms with Crippen molar-refractivity contribution in [2.24, 2.45) is 0 Å². The molecule has 2 aliphatic heterocycles. The van der Waals surface area contributed by atoms with Gasteiger partial charge in [-0.15, -0.1) is 0 Å². The lowest BCUT2D eigenvalue weighted by atomic mass is 9.77. The summed E-state index contributed by atoms with van der Waals surface area (Å²) in [5.74, 6) is 0.806. The summed E-state index contributed by atoms with van der Waals surface area (Å²) in [6.45, 7) is 1.99. The van der Waals surface area contributed by atoms with E-state index in [-0.39, 0.29) is 5.97 Å². The molecular weight excluding hydrogens is 436 g/mol. The highest BCUT2D eigenvalue weighted by atomic mass is 35.5. The molecule has 0 aromatic heterocycles. The summed E-state index contributed by atoms with van der Waals surface area (Å²) >= 11 is 6.39. The summed E-state index contributed by atoms with van der Waals surface area (Å²) in [6, 6.07) is 24.3. The molecule has 33 heavy (non-hydrogen) atoms. The van der Waals surface area contributed by atoms with E-state index in [9.17, 15) is 4.79 Å². The average molecular weight is 455 g/mol. The number of halogens is 1. The van der Waals surface area contributed by atoms with E-state index in [1.165, 1.54) is 0 Å². The SMILES string of the molecule is Cc1cc2c(cc1Nc1ccccc1Cl)C1(OC(=O)c3ccccc31)c1ccc(N)cc1O2. The monoisotopic (exact) mass is 454 g/mol. The molecule has 5 nitrogen and oxygen atoms in total. The number of hydrogen-bond acceptors (Lipinski definition) is 5. The first kappa shape index (κ1) is 19.7. The Morgan fingerprint density at radius 1 is 0.848 bits per heavy atom. The summed E-state index contributed by atoms with van der Waals surface area (Å²) in [5, 5.41) is 4.03. The van der Waals surface area contributed by atoms with Crippen molar-refractivity contribution < 1.29 is 14.3 Å². The molecule has 0 bridgehead atoms. The van der Waals surface area contributed by atoms with Crippen LogP contribution in [0.25, 0.3) is 0 Å². The van der Waals surface area contributed by atoms with E-state index in [0.29, 0.717) is 27.8 Å². The number of nitrogen functional groups attached to an aromatic ring is 1. The molecule has 1 unspecified atom stereocenters. The third kappa shape index (κ3) is 2.82. The molecule has 1 spiro atoms. The number of aryl methyl sites for hydroxylation is 1. The predicted octanol–water partition coefficient (Wildman–Crippen LogP) is 6.54. The van der Waals surface area contributed by atoms with Crippen LogP contribution in [0.5, 0.6) is 11.5 Å². The Morgan fingerprint density at radius 2 is 1.61 bits per heavy atom. The Morgan fingerprint density at radius 3 is 2.45 bits per heavy atom. The minimum absolute atomic E-state index is 0.373. The normalized spacial score (nSPS) is 17.6. The fraction of sp³-hybridized carbons (Fsp3) is 0.0741. The van der Waals surface area contributed by atoms with Crippen LogP contribution in [0.4, 0.5) is 17.1 Å². The van der Waals surface area contributed by atoms with Gasteiger partial charge in [0.15, 0.2) is 5.60 Å². The van der Waals surface area contributed by atoms with Gasteiger partial charge in [-0.2, -0.15) is 0 Å². The van der Waals surface area contributed by atoms with Gasteiger partial charge in [0.1, 0.15) is 11.5 Å². The number of ether oxygens (including phenoxy) is 2. The van der Waals surface area contributed by atoms with Gasteiger partial charge in [-0.25, -0.2) is 4.79 Å². The molecule has 2 aliphatic rings. The summed E-state index contributed by atoms with van der Waals surface area (Å²) in [4.78, 5) is 13.0. The molecule has 0 fully saturated rings. The summed E-state index contributed by atoms with van der Waals surface area (Å²) < 4.78 is 12.5. The van der Waals surface area contributed by atoms with Crippen LogP contribution in [0.15, 0.2) is 78.9 Å². The van der Waals surface area contributed by atoms with Crippen molar-refractivity contribution in [3.63, 3.8) is 0 Å². The molecule has 0 saturated carbocycles. The first-order valence-electron chi connectivity index (χ1n) is 10.5. The van der Waals surface area contributed by atoms with Gasteiger partial charge in [0, 0.05) is 34.1 Å². The first-order valence-corrected chi connectivity index (χ1v) is 10.9. The third-order valence-electron chi connectivity index (χ3n) is 6.23. The number of carbonyl (C=O) groups is 1. The van der Waals surface area contributed by atoms with E-state index in [4.69, 9.17) is 26.8 Å². The van der Waals surface area contributed by atoms with E-state index in [1.807, 2.05) is 67.6 Å². The molecule has 0 amide bonds. The number of benzene rings is 4. The minimum atomic E-state index is -1.14. The topological polar surface area (TPSA) is 73.6 Å². The fourth-order valence-corrected chi connectivity index (χ4v) is 4.86. The number of anilines is 3. The Hall–Kier alpha value is -3.96. The van der Waals surface area contributed by atoms with Gasteiger partial charge in [0.25, 0.3) is 0 Å². The van der Waals surface area contributed by atoms with Crippen LogP contribution >= 0.6 is 11.6 Å². The van der Waals surface area contributed by atoms with Crippen molar-refractivity contribution in [2.45, 2.75) is 12.5 Å². The number of para-hydroxylation sites is 1. The maximum Gasteiger partial charge on any atom is 0.340 e. The van der Waals surface area contributed by atoms with Crippen LogP contribution in [-0.4, -0.2) is 5.97 Å². The molecular formula is C27H19ClN2O3. The van der Waals surface area contributed by atoms with Gasteiger partial charge >= 0.3 is 5.97 Å². The number of rotatable bonds is 2. The van der Waals surface area contributed by atoms with Crippen molar-refractivity contribution in [3.8, 4) is 11.5 Å². The van der Waals surface area contributed by atoms with Gasteiger partial charge < -0.3 is 20.5 Å². The number of nitrogens with two attached hydrogens (primary N) is 1. The third-order valence-corrected chi connectivity index (χ3v) is 6.56. The quantitative estimate of drug-likeness (QED) is 0.265. The van der Waals surface area contributed by atoms with Crippen molar-refractivity contribution in [1.82, 2.24) is 0 Å². The van der Waals surface area contributed by atoms with Crippen LogP contribution in [0.1, 0.15) is 32.6 Å². The lowest BCUT2D eigenvalue weighted by molar-refractivity contribution is 0.0224. The van der Waals surface area contributed by atoms with Crippen LogP contribution in [-0.2, 0) is 10.3 Å². The van der Waals surface area contributed by atoms with Crippen molar-refractivity contribution in [1.29, 1.82) is 0 Å². The fourth-order valence-electron chi connectivity index (χ4n) is 4.68. The minimum Gasteiger partial charge on any atom is -0.456 e. The van der Waals surface area contributed by atoms with Crippen LogP contribution < -0.4 is 15.8 Å². The smallest absolute Gasteiger partial charge is 0.340 e. The molecule has 3 N–H and O–H groups in total. The first-order chi connectivity index (χ1) is 16.0. The van der Waals surface area contributed by atoms with Crippen molar-refractivity contribution >= 4 is 34.6 Å². The number of carbonyl (C=O) groups excluding carboxylic acids is 1. The molecule has 2 heterocycles. The highest BCUT2D eigenvalue weighted by Gasteiger charge is 2.53. The number of hydrogen-bond donors (Lipinski definition) is 2. The van der Waals surface area contributed by atoms with Crippen molar-refractivity contribution in [3.05, 3.63) is 112 Å². The van der Waals surface area contributed by atoms with Crippen LogP contribution in [0, 0.1) is 6.92 Å². The van der Waals surface area contributed by atoms with E-state index < -0.39 is 5.60 Å². The van der Waals surface area contributed by atoms with Gasteiger partial charge in [-0.1, -0.05) is 41.9 Å². The maximum atomic E-state index is 13.0. The second kappa shape index (κ2) is 7.02. The standard InChI is InChI=1S/C27H19ClN2O3/c1-15-12-24-20(14-23(15)30-22-9-5-4-8-21(22)28)27(19-11-10-16(29)13-25(19)32-24)18-7-3-2-6-17(18)26(31)33-27/h2-14,30H,29H2,1H3. The second-order valence-electron chi connectivity index (χ2n) is 8.24. The Bertz CT molecular complexity index is 1470. The molecule has 4 aromatic rings. The molecule has 6 rings (SSSR count). The van der Waals surface area contributed by atoms with E-state index in [1.54, 1.807) is 18.2 Å². The predicted molar refractivity (Wildman–Crippen MR) is 129 cm³/mol. The Labute approximate surface area is 195 Å². The lowest BCUT2D eigenvalue weighted by Crippen LogP contribution is -2.33. The van der Waals surface area contributed by atoms with Gasteiger partial charge in [0.2, 0.25) is 0 Å². The maximum absolute atomic E-state index is 13.0. The van der Waals surface area contributed by atoms with E-state index in [2.05, 4.69) is 5.32 Å². The molecule has 4 aromatic carbocycles. The molecule has 1 atom stereocenters.